The van der Waals surface area contributed by atoms with Crippen LogP contribution >= 0.6 is 0 Å². The summed E-state index contributed by atoms with van der Waals surface area (Å²) in [7, 11) is 0. The van der Waals surface area contributed by atoms with Gasteiger partial charge in [-0.2, -0.15) is 0 Å². The van der Waals surface area contributed by atoms with E-state index < -0.39 is 0 Å². The standard InChI is InChI=1S/C20H25FN4O/c1-15-6-7-16(14-23-15)8-11-22-20(26)25-12-9-17(10-13-25)24-19-5-3-2-4-18(19)21/h2-7,14,17,24H,8-13H2,1H3,(H,22,26). The van der Waals surface area contributed by atoms with Crippen molar-refractivity contribution < 1.29 is 9.18 Å². The average Bonchev–Trinajstić information content (AvgIpc) is 2.66. The molecule has 0 aliphatic carbocycles. The Kier molecular flexibility index (Phi) is 6.04. The molecule has 1 aromatic carbocycles. The summed E-state index contributed by atoms with van der Waals surface area (Å²) in [6, 6.07) is 10.9. The van der Waals surface area contributed by atoms with Gasteiger partial charge in [0.2, 0.25) is 0 Å². The fraction of sp³-hybridized carbons (Fsp3) is 0.400. The number of likely N-dealkylation sites (tertiary alicyclic amines) is 1. The number of para-hydroxylation sites is 1. The molecule has 2 heterocycles. The second-order valence-corrected chi connectivity index (χ2v) is 6.68. The lowest BCUT2D eigenvalue weighted by atomic mass is 10.0. The molecule has 138 valence electrons. The summed E-state index contributed by atoms with van der Waals surface area (Å²) in [6.45, 7) is 3.89. The smallest absolute Gasteiger partial charge is 0.317 e. The van der Waals surface area contributed by atoms with Crippen LogP contribution in [0.2, 0.25) is 0 Å². The van der Waals surface area contributed by atoms with Crippen molar-refractivity contribution in [2.45, 2.75) is 32.2 Å². The third-order valence-electron chi connectivity index (χ3n) is 4.68. The first-order valence-corrected chi connectivity index (χ1v) is 9.07. The summed E-state index contributed by atoms with van der Waals surface area (Å²) in [4.78, 5) is 18.4. The van der Waals surface area contributed by atoms with E-state index in [0.717, 1.165) is 30.5 Å². The molecule has 0 atom stereocenters. The zero-order chi connectivity index (χ0) is 18.4. The molecule has 26 heavy (non-hydrogen) atoms. The minimum Gasteiger partial charge on any atom is -0.380 e. The zero-order valence-corrected chi connectivity index (χ0v) is 15.0. The van der Waals surface area contributed by atoms with Gasteiger partial charge < -0.3 is 15.5 Å². The Labute approximate surface area is 153 Å². The fourth-order valence-corrected chi connectivity index (χ4v) is 3.10. The van der Waals surface area contributed by atoms with Crippen LogP contribution in [0.25, 0.3) is 0 Å². The van der Waals surface area contributed by atoms with Gasteiger partial charge in [0.25, 0.3) is 0 Å². The van der Waals surface area contributed by atoms with Gasteiger partial charge in [0.1, 0.15) is 5.82 Å². The number of benzene rings is 1. The number of piperidine rings is 1. The van der Waals surface area contributed by atoms with Crippen LogP contribution in [0, 0.1) is 12.7 Å². The van der Waals surface area contributed by atoms with E-state index in [4.69, 9.17) is 0 Å². The van der Waals surface area contributed by atoms with E-state index in [-0.39, 0.29) is 17.9 Å². The molecule has 0 saturated carbocycles. The van der Waals surface area contributed by atoms with Crippen LogP contribution in [0.3, 0.4) is 0 Å². The van der Waals surface area contributed by atoms with Crippen LogP contribution in [0.1, 0.15) is 24.1 Å². The molecular formula is C20H25FN4O. The van der Waals surface area contributed by atoms with Gasteiger partial charge >= 0.3 is 6.03 Å². The van der Waals surface area contributed by atoms with Crippen LogP contribution in [0.15, 0.2) is 42.6 Å². The van der Waals surface area contributed by atoms with Gasteiger partial charge in [-0.3, -0.25) is 4.98 Å². The molecule has 2 aromatic rings. The Morgan fingerprint density at radius 3 is 2.69 bits per heavy atom. The summed E-state index contributed by atoms with van der Waals surface area (Å²) >= 11 is 0. The van der Waals surface area contributed by atoms with Crippen LogP contribution in [0.5, 0.6) is 0 Å². The van der Waals surface area contributed by atoms with Gasteiger partial charge in [-0.05, 0) is 49.9 Å². The number of rotatable bonds is 5. The Balaban J connectivity index is 1.39. The molecule has 1 fully saturated rings. The molecule has 0 spiro atoms. The number of halogens is 1. The minimum atomic E-state index is -0.238. The number of carbonyl (C=O) groups is 1. The van der Waals surface area contributed by atoms with Crippen LogP contribution in [-0.4, -0.2) is 41.6 Å². The number of aryl methyl sites for hydroxylation is 1. The maximum atomic E-state index is 13.7. The van der Waals surface area contributed by atoms with Crippen molar-refractivity contribution in [3.63, 3.8) is 0 Å². The van der Waals surface area contributed by atoms with E-state index in [1.54, 1.807) is 12.1 Å². The predicted molar refractivity (Wildman–Crippen MR) is 101 cm³/mol. The van der Waals surface area contributed by atoms with Crippen molar-refractivity contribution in [1.82, 2.24) is 15.2 Å². The molecule has 2 N–H and O–H groups in total. The van der Waals surface area contributed by atoms with E-state index in [2.05, 4.69) is 15.6 Å². The quantitative estimate of drug-likeness (QED) is 0.864. The highest BCUT2D eigenvalue weighted by Crippen LogP contribution is 2.19. The summed E-state index contributed by atoms with van der Waals surface area (Å²) in [5.74, 6) is -0.238. The van der Waals surface area contributed by atoms with Gasteiger partial charge in [0, 0.05) is 37.6 Å². The molecule has 6 heteroatoms. The molecule has 0 bridgehead atoms. The topological polar surface area (TPSA) is 57.3 Å². The molecule has 0 radical (unpaired) electrons. The largest absolute Gasteiger partial charge is 0.380 e. The number of nitrogens with one attached hydrogen (secondary N) is 2. The van der Waals surface area contributed by atoms with Gasteiger partial charge in [0.05, 0.1) is 5.69 Å². The summed E-state index contributed by atoms with van der Waals surface area (Å²) < 4.78 is 13.7. The van der Waals surface area contributed by atoms with Crippen LogP contribution in [-0.2, 0) is 6.42 Å². The highest BCUT2D eigenvalue weighted by molar-refractivity contribution is 5.74. The lowest BCUT2D eigenvalue weighted by Crippen LogP contribution is -2.47. The first-order chi connectivity index (χ1) is 12.6. The van der Waals surface area contributed by atoms with Crippen molar-refractivity contribution in [2.24, 2.45) is 0 Å². The van der Waals surface area contributed by atoms with Gasteiger partial charge in [-0.15, -0.1) is 0 Å². The number of carbonyl (C=O) groups excluding carboxylic acids is 1. The summed E-state index contributed by atoms with van der Waals surface area (Å²) in [5, 5.41) is 6.21. The van der Waals surface area contributed by atoms with Crippen LogP contribution < -0.4 is 10.6 Å². The van der Waals surface area contributed by atoms with Crippen molar-refractivity contribution in [3.8, 4) is 0 Å². The van der Waals surface area contributed by atoms with Crippen molar-refractivity contribution in [2.75, 3.05) is 25.0 Å². The first kappa shape index (κ1) is 18.2. The first-order valence-electron chi connectivity index (χ1n) is 9.07. The molecule has 1 aliphatic rings. The molecule has 2 amide bonds. The number of urea groups is 1. The maximum Gasteiger partial charge on any atom is 0.317 e. The average molecular weight is 356 g/mol. The normalized spacial score (nSPS) is 14.9. The predicted octanol–water partition coefficient (Wildman–Crippen LogP) is 3.36. The zero-order valence-electron chi connectivity index (χ0n) is 15.0. The van der Waals surface area contributed by atoms with Gasteiger partial charge in [-0.1, -0.05) is 18.2 Å². The Morgan fingerprint density at radius 2 is 2.00 bits per heavy atom. The molecule has 3 rings (SSSR count). The van der Waals surface area contributed by atoms with E-state index in [1.165, 1.54) is 6.07 Å². The van der Waals surface area contributed by atoms with E-state index in [9.17, 15) is 9.18 Å². The number of aromatic nitrogens is 1. The fourth-order valence-electron chi connectivity index (χ4n) is 3.10. The van der Waals surface area contributed by atoms with Crippen molar-refractivity contribution in [1.29, 1.82) is 0 Å². The second kappa shape index (κ2) is 8.65. The summed E-state index contributed by atoms with van der Waals surface area (Å²) in [5.41, 5.74) is 2.63. The molecule has 0 unspecified atom stereocenters. The van der Waals surface area contributed by atoms with E-state index in [0.29, 0.717) is 25.3 Å². The van der Waals surface area contributed by atoms with Gasteiger partial charge in [-0.25, -0.2) is 9.18 Å². The molecule has 5 nitrogen and oxygen atoms in total. The highest BCUT2D eigenvalue weighted by Gasteiger charge is 2.22. The highest BCUT2D eigenvalue weighted by atomic mass is 19.1. The number of hydrogen-bond acceptors (Lipinski definition) is 3. The Morgan fingerprint density at radius 1 is 1.23 bits per heavy atom. The van der Waals surface area contributed by atoms with Crippen molar-refractivity contribution >= 4 is 11.7 Å². The third-order valence-corrected chi connectivity index (χ3v) is 4.68. The van der Waals surface area contributed by atoms with Gasteiger partial charge in [0.15, 0.2) is 0 Å². The van der Waals surface area contributed by atoms with Crippen LogP contribution in [0.4, 0.5) is 14.9 Å². The van der Waals surface area contributed by atoms with Crippen molar-refractivity contribution in [3.05, 3.63) is 59.7 Å². The molecule has 1 aromatic heterocycles. The minimum absolute atomic E-state index is 0.0330. The molecule has 1 aliphatic heterocycles. The molecular weight excluding hydrogens is 331 g/mol. The number of hydrogen-bond donors (Lipinski definition) is 2. The van der Waals surface area contributed by atoms with E-state index >= 15 is 0 Å². The second-order valence-electron chi connectivity index (χ2n) is 6.68. The monoisotopic (exact) mass is 356 g/mol. The Hall–Kier alpha value is -2.63. The summed E-state index contributed by atoms with van der Waals surface area (Å²) in [6.07, 6.45) is 4.24. The number of nitrogens with zero attached hydrogens (tertiary/aromatic N) is 2. The SMILES string of the molecule is Cc1ccc(CCNC(=O)N2CCC(Nc3ccccc3F)CC2)cn1. The third kappa shape index (κ3) is 4.94. The molecule has 1 saturated heterocycles. The number of anilines is 1. The lowest BCUT2D eigenvalue weighted by Gasteiger charge is -2.33. The lowest BCUT2D eigenvalue weighted by molar-refractivity contribution is 0.184. The maximum absolute atomic E-state index is 13.7. The number of amides is 2. The Bertz CT molecular complexity index is 727. The van der Waals surface area contributed by atoms with E-state index in [1.807, 2.05) is 36.2 Å². The number of pyridine rings is 1.